The van der Waals surface area contributed by atoms with Crippen LogP contribution in [0.3, 0.4) is 0 Å². The standard InChI is InChI=1S/C17H30N4O3/c1-2-19(12-16(22)23)15-10-13(11-15)18-17(24)21-8-6-20(7-9-21)14-4-3-5-14/h13-15H,2-12H2,1H3,(H,18,24)(H,22,23). The highest BCUT2D eigenvalue weighted by Gasteiger charge is 2.36. The highest BCUT2D eigenvalue weighted by Crippen LogP contribution is 2.27. The molecule has 7 nitrogen and oxygen atoms in total. The quantitative estimate of drug-likeness (QED) is 0.749. The monoisotopic (exact) mass is 338 g/mol. The van der Waals surface area contributed by atoms with Crippen LogP contribution in [0.4, 0.5) is 4.79 Å². The molecule has 0 radical (unpaired) electrons. The summed E-state index contributed by atoms with van der Waals surface area (Å²) in [6.45, 7) is 6.43. The lowest BCUT2D eigenvalue weighted by Gasteiger charge is -2.45. The predicted molar refractivity (Wildman–Crippen MR) is 91.0 cm³/mol. The van der Waals surface area contributed by atoms with Crippen LogP contribution in [0.5, 0.6) is 0 Å². The lowest BCUT2D eigenvalue weighted by Crippen LogP contribution is -2.59. The summed E-state index contributed by atoms with van der Waals surface area (Å²) in [5.74, 6) is -0.784. The van der Waals surface area contributed by atoms with Crippen LogP contribution in [0.15, 0.2) is 0 Å². The van der Waals surface area contributed by atoms with Gasteiger partial charge in [0, 0.05) is 44.3 Å². The molecule has 3 fully saturated rings. The summed E-state index contributed by atoms with van der Waals surface area (Å²) in [6.07, 6.45) is 5.70. The number of hydrogen-bond donors (Lipinski definition) is 2. The molecule has 0 aromatic carbocycles. The summed E-state index contributed by atoms with van der Waals surface area (Å²) in [6, 6.07) is 1.28. The van der Waals surface area contributed by atoms with Crippen LogP contribution in [0.2, 0.25) is 0 Å². The smallest absolute Gasteiger partial charge is 0.317 e. The molecule has 0 spiro atoms. The number of urea groups is 1. The number of nitrogens with one attached hydrogen (secondary N) is 1. The minimum Gasteiger partial charge on any atom is -0.480 e. The van der Waals surface area contributed by atoms with Gasteiger partial charge >= 0.3 is 12.0 Å². The molecule has 0 atom stereocenters. The number of amides is 2. The zero-order valence-corrected chi connectivity index (χ0v) is 14.6. The first-order chi connectivity index (χ1) is 11.6. The van der Waals surface area contributed by atoms with Crippen LogP contribution in [0.1, 0.15) is 39.0 Å². The molecule has 3 rings (SSSR count). The Morgan fingerprint density at radius 3 is 2.33 bits per heavy atom. The van der Waals surface area contributed by atoms with Crippen molar-refractivity contribution in [3.05, 3.63) is 0 Å². The van der Waals surface area contributed by atoms with Gasteiger partial charge in [0.2, 0.25) is 0 Å². The summed E-state index contributed by atoms with van der Waals surface area (Å²) in [5, 5.41) is 12.0. The molecule has 136 valence electrons. The number of carbonyl (C=O) groups excluding carboxylic acids is 1. The fraction of sp³-hybridized carbons (Fsp3) is 0.882. The van der Waals surface area contributed by atoms with E-state index in [-0.39, 0.29) is 24.7 Å². The second kappa shape index (κ2) is 7.70. The lowest BCUT2D eigenvalue weighted by molar-refractivity contribution is -0.139. The maximum absolute atomic E-state index is 12.4. The Morgan fingerprint density at radius 1 is 1.17 bits per heavy atom. The van der Waals surface area contributed by atoms with Gasteiger partial charge in [0.15, 0.2) is 0 Å². The Hall–Kier alpha value is -1.34. The molecule has 1 heterocycles. The van der Waals surface area contributed by atoms with E-state index in [0.29, 0.717) is 0 Å². The van der Waals surface area contributed by atoms with E-state index in [1.54, 1.807) is 0 Å². The van der Waals surface area contributed by atoms with Gasteiger partial charge in [-0.05, 0) is 32.2 Å². The molecule has 24 heavy (non-hydrogen) atoms. The van der Waals surface area contributed by atoms with Crippen molar-refractivity contribution in [3.8, 4) is 0 Å². The van der Waals surface area contributed by atoms with E-state index in [0.717, 1.165) is 51.6 Å². The predicted octanol–water partition coefficient (Wildman–Crippen LogP) is 0.804. The zero-order valence-electron chi connectivity index (χ0n) is 14.6. The maximum Gasteiger partial charge on any atom is 0.317 e. The average molecular weight is 338 g/mol. The molecule has 2 N–H and O–H groups in total. The molecule has 7 heteroatoms. The third kappa shape index (κ3) is 4.00. The summed E-state index contributed by atoms with van der Waals surface area (Å²) < 4.78 is 0. The average Bonchev–Trinajstić information content (AvgIpc) is 2.47. The number of likely N-dealkylation sites (N-methyl/N-ethyl adjacent to an activating group) is 1. The van der Waals surface area contributed by atoms with E-state index in [1.165, 1.54) is 19.3 Å². The minimum absolute atomic E-state index is 0.0491. The lowest BCUT2D eigenvalue weighted by atomic mass is 9.85. The number of carbonyl (C=O) groups is 2. The first kappa shape index (κ1) is 17.5. The Bertz CT molecular complexity index is 455. The molecular weight excluding hydrogens is 308 g/mol. The Kier molecular flexibility index (Phi) is 5.61. The summed E-state index contributed by atoms with van der Waals surface area (Å²) in [7, 11) is 0. The van der Waals surface area contributed by atoms with Crippen molar-refractivity contribution in [1.29, 1.82) is 0 Å². The van der Waals surface area contributed by atoms with Gasteiger partial charge in [-0.3, -0.25) is 14.6 Å². The first-order valence-electron chi connectivity index (χ1n) is 9.32. The molecule has 2 aliphatic carbocycles. The molecule has 3 aliphatic rings. The highest BCUT2D eigenvalue weighted by molar-refractivity contribution is 5.74. The van der Waals surface area contributed by atoms with Crippen molar-refractivity contribution >= 4 is 12.0 Å². The van der Waals surface area contributed by atoms with Crippen LogP contribution in [-0.2, 0) is 4.79 Å². The van der Waals surface area contributed by atoms with Crippen molar-refractivity contribution in [2.75, 3.05) is 39.3 Å². The summed E-state index contributed by atoms with van der Waals surface area (Å²) in [5.41, 5.74) is 0. The topological polar surface area (TPSA) is 76.1 Å². The maximum atomic E-state index is 12.4. The number of rotatable bonds is 6. The molecule has 0 aromatic heterocycles. The van der Waals surface area contributed by atoms with Crippen LogP contribution in [0, 0.1) is 0 Å². The largest absolute Gasteiger partial charge is 0.480 e. The van der Waals surface area contributed by atoms with Crippen molar-refractivity contribution in [2.24, 2.45) is 0 Å². The molecular formula is C17H30N4O3. The SMILES string of the molecule is CCN(CC(=O)O)C1CC(NC(=O)N2CCN(C3CCC3)CC2)C1. The van der Waals surface area contributed by atoms with E-state index in [1.807, 2.05) is 16.7 Å². The van der Waals surface area contributed by atoms with E-state index < -0.39 is 5.97 Å². The Balaban J connectivity index is 1.35. The Morgan fingerprint density at radius 2 is 1.83 bits per heavy atom. The molecule has 0 bridgehead atoms. The summed E-state index contributed by atoms with van der Waals surface area (Å²) in [4.78, 5) is 29.7. The fourth-order valence-electron chi connectivity index (χ4n) is 3.98. The number of carboxylic acids is 1. The van der Waals surface area contributed by atoms with Crippen LogP contribution in [0.25, 0.3) is 0 Å². The normalized spacial score (nSPS) is 28.3. The van der Waals surface area contributed by atoms with Gasteiger partial charge in [0.25, 0.3) is 0 Å². The van der Waals surface area contributed by atoms with Crippen LogP contribution >= 0.6 is 0 Å². The van der Waals surface area contributed by atoms with Crippen LogP contribution in [-0.4, -0.2) is 89.2 Å². The number of carboxylic acid groups (broad SMARTS) is 1. The molecule has 2 amide bonds. The molecule has 2 saturated carbocycles. The van der Waals surface area contributed by atoms with Crippen LogP contribution < -0.4 is 5.32 Å². The highest BCUT2D eigenvalue weighted by atomic mass is 16.4. The zero-order chi connectivity index (χ0) is 17.1. The third-order valence-corrected chi connectivity index (χ3v) is 5.89. The number of aliphatic carboxylic acids is 1. The number of nitrogens with zero attached hydrogens (tertiary/aromatic N) is 3. The van der Waals surface area contributed by atoms with Crippen molar-refractivity contribution < 1.29 is 14.7 Å². The van der Waals surface area contributed by atoms with E-state index in [9.17, 15) is 9.59 Å². The van der Waals surface area contributed by atoms with E-state index in [4.69, 9.17) is 5.11 Å². The van der Waals surface area contributed by atoms with Gasteiger partial charge in [0.05, 0.1) is 6.54 Å². The van der Waals surface area contributed by atoms with Gasteiger partial charge in [-0.1, -0.05) is 13.3 Å². The first-order valence-corrected chi connectivity index (χ1v) is 9.32. The number of piperazine rings is 1. The van der Waals surface area contributed by atoms with Gasteiger partial charge < -0.3 is 15.3 Å². The molecule has 0 aromatic rings. The van der Waals surface area contributed by atoms with E-state index in [2.05, 4.69) is 10.2 Å². The van der Waals surface area contributed by atoms with Crippen molar-refractivity contribution in [3.63, 3.8) is 0 Å². The van der Waals surface area contributed by atoms with Gasteiger partial charge in [0.1, 0.15) is 0 Å². The molecule has 1 saturated heterocycles. The minimum atomic E-state index is -0.784. The second-order valence-corrected chi connectivity index (χ2v) is 7.34. The van der Waals surface area contributed by atoms with Crippen molar-refractivity contribution in [1.82, 2.24) is 20.0 Å². The van der Waals surface area contributed by atoms with Gasteiger partial charge in [-0.15, -0.1) is 0 Å². The second-order valence-electron chi connectivity index (χ2n) is 7.34. The fourth-order valence-corrected chi connectivity index (χ4v) is 3.98. The number of hydrogen-bond acceptors (Lipinski definition) is 4. The van der Waals surface area contributed by atoms with Crippen molar-refractivity contribution in [2.45, 2.75) is 57.2 Å². The van der Waals surface area contributed by atoms with Gasteiger partial charge in [-0.25, -0.2) is 4.79 Å². The van der Waals surface area contributed by atoms with E-state index >= 15 is 0 Å². The molecule has 0 unspecified atom stereocenters. The molecule has 1 aliphatic heterocycles. The third-order valence-electron chi connectivity index (χ3n) is 5.89. The van der Waals surface area contributed by atoms with Gasteiger partial charge in [-0.2, -0.15) is 0 Å². The summed E-state index contributed by atoms with van der Waals surface area (Å²) >= 11 is 0. The Labute approximate surface area is 144 Å².